The van der Waals surface area contributed by atoms with Crippen LogP contribution < -0.4 is 4.90 Å². The zero-order chi connectivity index (χ0) is 17.3. The highest BCUT2D eigenvalue weighted by Gasteiger charge is 2.30. The second kappa shape index (κ2) is 6.50. The zero-order valence-corrected chi connectivity index (χ0v) is 14.7. The highest BCUT2D eigenvalue weighted by molar-refractivity contribution is 7.91. The minimum atomic E-state index is -3.48. The summed E-state index contributed by atoms with van der Waals surface area (Å²) in [5, 5.41) is 9.26. The third kappa shape index (κ3) is 3.14. The summed E-state index contributed by atoms with van der Waals surface area (Å²) in [4.78, 5) is 18.2. The van der Waals surface area contributed by atoms with Gasteiger partial charge in [0.15, 0.2) is 0 Å². The lowest BCUT2D eigenvalue weighted by Crippen LogP contribution is -2.49. The predicted octanol–water partition coefficient (Wildman–Crippen LogP) is 1.66. The van der Waals surface area contributed by atoms with Crippen LogP contribution in [0.15, 0.2) is 34.7 Å². The number of carboxylic acid groups (broad SMARTS) is 1. The van der Waals surface area contributed by atoms with Crippen LogP contribution in [0.25, 0.3) is 0 Å². The number of piperazine rings is 1. The Kier molecular flexibility index (Phi) is 4.57. The van der Waals surface area contributed by atoms with Gasteiger partial charge in [0, 0.05) is 37.3 Å². The van der Waals surface area contributed by atoms with Crippen molar-refractivity contribution in [2.75, 3.05) is 31.1 Å². The van der Waals surface area contributed by atoms with Gasteiger partial charge in [0.25, 0.3) is 10.0 Å². The number of rotatable bonds is 4. The minimum absolute atomic E-state index is 0.127. The van der Waals surface area contributed by atoms with Gasteiger partial charge >= 0.3 is 5.97 Å². The van der Waals surface area contributed by atoms with E-state index in [0.717, 1.165) is 4.88 Å². The first-order chi connectivity index (χ1) is 11.4. The van der Waals surface area contributed by atoms with Gasteiger partial charge in [-0.25, -0.2) is 18.2 Å². The van der Waals surface area contributed by atoms with Crippen LogP contribution in [0.4, 0.5) is 5.82 Å². The standard InChI is InChI=1S/C15H17N3O4S2/c1-11-4-5-13(23-11)24(21,22)18-9-7-17(8-10-18)14-12(15(19)20)3-2-6-16-14/h2-6H,7-10H2,1H3,(H,19,20). The largest absolute Gasteiger partial charge is 0.478 e. The van der Waals surface area contributed by atoms with Crippen LogP contribution in [0, 0.1) is 6.92 Å². The monoisotopic (exact) mass is 367 g/mol. The van der Waals surface area contributed by atoms with Crippen molar-refractivity contribution in [3.63, 3.8) is 0 Å². The van der Waals surface area contributed by atoms with Gasteiger partial charge in [0.05, 0.1) is 0 Å². The van der Waals surface area contributed by atoms with Crippen molar-refractivity contribution >= 4 is 33.1 Å². The number of aromatic carboxylic acids is 1. The van der Waals surface area contributed by atoms with Crippen LogP contribution in [0.2, 0.25) is 0 Å². The normalized spacial score (nSPS) is 16.3. The van der Waals surface area contributed by atoms with E-state index in [-0.39, 0.29) is 5.56 Å². The van der Waals surface area contributed by atoms with Crippen LogP contribution in [0.1, 0.15) is 15.2 Å². The summed E-state index contributed by atoms with van der Waals surface area (Å²) >= 11 is 1.26. The van der Waals surface area contributed by atoms with Gasteiger partial charge in [-0.1, -0.05) is 0 Å². The van der Waals surface area contributed by atoms with Crippen molar-refractivity contribution < 1.29 is 18.3 Å². The maximum atomic E-state index is 12.6. The molecule has 3 heterocycles. The number of sulfonamides is 1. The summed E-state index contributed by atoms with van der Waals surface area (Å²) in [6.45, 7) is 3.28. The molecule has 1 aliphatic heterocycles. The third-order valence-electron chi connectivity index (χ3n) is 3.87. The van der Waals surface area contributed by atoms with Gasteiger partial charge in [0.2, 0.25) is 0 Å². The number of hydrogen-bond donors (Lipinski definition) is 1. The molecule has 24 heavy (non-hydrogen) atoms. The van der Waals surface area contributed by atoms with E-state index in [0.29, 0.717) is 36.2 Å². The van der Waals surface area contributed by atoms with E-state index >= 15 is 0 Å². The smallest absolute Gasteiger partial charge is 0.339 e. The molecular weight excluding hydrogens is 350 g/mol. The molecule has 7 nitrogen and oxygen atoms in total. The molecule has 2 aromatic rings. The Hall–Kier alpha value is -1.97. The molecule has 0 amide bonds. The number of anilines is 1. The van der Waals surface area contributed by atoms with Gasteiger partial charge in [-0.05, 0) is 31.2 Å². The summed E-state index contributed by atoms with van der Waals surface area (Å²) in [6, 6.07) is 6.50. The van der Waals surface area contributed by atoms with E-state index in [2.05, 4.69) is 4.98 Å². The second-order valence-corrected chi connectivity index (χ2v) is 8.89. The fourth-order valence-electron chi connectivity index (χ4n) is 2.63. The molecule has 9 heteroatoms. The fourth-order valence-corrected chi connectivity index (χ4v) is 5.49. The van der Waals surface area contributed by atoms with Gasteiger partial charge in [0.1, 0.15) is 15.6 Å². The topological polar surface area (TPSA) is 90.8 Å². The molecular formula is C15H17N3O4S2. The van der Waals surface area contributed by atoms with Crippen molar-refractivity contribution in [2.24, 2.45) is 0 Å². The molecule has 0 aromatic carbocycles. The van der Waals surface area contributed by atoms with Crippen molar-refractivity contribution in [2.45, 2.75) is 11.1 Å². The molecule has 0 unspecified atom stereocenters. The first-order valence-electron chi connectivity index (χ1n) is 7.39. The average Bonchev–Trinajstić information content (AvgIpc) is 3.02. The third-order valence-corrected chi connectivity index (χ3v) is 7.23. The van der Waals surface area contributed by atoms with E-state index < -0.39 is 16.0 Å². The number of aromatic nitrogens is 1. The van der Waals surface area contributed by atoms with E-state index in [1.807, 2.05) is 11.8 Å². The molecule has 0 bridgehead atoms. The molecule has 1 fully saturated rings. The summed E-state index contributed by atoms with van der Waals surface area (Å²) in [5.74, 6) is -0.656. The summed E-state index contributed by atoms with van der Waals surface area (Å²) < 4.78 is 27.0. The Balaban J connectivity index is 1.76. The second-order valence-electron chi connectivity index (χ2n) is 5.44. The van der Waals surface area contributed by atoms with E-state index in [9.17, 15) is 18.3 Å². The van der Waals surface area contributed by atoms with Crippen LogP contribution in [0.3, 0.4) is 0 Å². The first-order valence-corrected chi connectivity index (χ1v) is 9.65. The molecule has 1 aliphatic rings. The van der Waals surface area contributed by atoms with Crippen LogP contribution in [-0.4, -0.2) is 55.0 Å². The Bertz CT molecular complexity index is 855. The predicted molar refractivity (Wildman–Crippen MR) is 91.2 cm³/mol. The molecule has 0 atom stereocenters. The van der Waals surface area contributed by atoms with Crippen molar-refractivity contribution in [1.29, 1.82) is 0 Å². The van der Waals surface area contributed by atoms with Gasteiger partial charge in [-0.2, -0.15) is 4.31 Å². The number of hydrogen-bond acceptors (Lipinski definition) is 6. The van der Waals surface area contributed by atoms with Gasteiger partial charge in [-0.3, -0.25) is 0 Å². The highest BCUT2D eigenvalue weighted by atomic mass is 32.2. The van der Waals surface area contributed by atoms with Crippen molar-refractivity contribution in [3.8, 4) is 0 Å². The molecule has 1 N–H and O–H groups in total. The van der Waals surface area contributed by atoms with Crippen LogP contribution >= 0.6 is 11.3 Å². The van der Waals surface area contributed by atoms with E-state index in [1.165, 1.54) is 21.7 Å². The Morgan fingerprint density at radius 2 is 1.92 bits per heavy atom. The molecule has 0 radical (unpaired) electrons. The van der Waals surface area contributed by atoms with Crippen LogP contribution in [-0.2, 0) is 10.0 Å². The van der Waals surface area contributed by atoms with Gasteiger partial charge < -0.3 is 10.0 Å². The molecule has 0 spiro atoms. The maximum absolute atomic E-state index is 12.6. The molecule has 3 rings (SSSR count). The number of carbonyl (C=O) groups is 1. The molecule has 2 aromatic heterocycles. The fraction of sp³-hybridized carbons (Fsp3) is 0.333. The summed E-state index contributed by atoms with van der Waals surface area (Å²) in [6.07, 6.45) is 1.54. The molecule has 128 valence electrons. The molecule has 1 saturated heterocycles. The van der Waals surface area contributed by atoms with E-state index in [4.69, 9.17) is 0 Å². The first kappa shape index (κ1) is 16.9. The molecule has 0 aliphatic carbocycles. The zero-order valence-electron chi connectivity index (χ0n) is 13.0. The number of thiophene rings is 1. The lowest BCUT2D eigenvalue weighted by molar-refractivity contribution is 0.0697. The Morgan fingerprint density at radius 3 is 2.50 bits per heavy atom. The lowest BCUT2D eigenvalue weighted by atomic mass is 10.2. The van der Waals surface area contributed by atoms with Crippen LogP contribution in [0.5, 0.6) is 0 Å². The van der Waals surface area contributed by atoms with Crippen molar-refractivity contribution in [3.05, 3.63) is 40.9 Å². The highest BCUT2D eigenvalue weighted by Crippen LogP contribution is 2.26. The van der Waals surface area contributed by atoms with Crippen molar-refractivity contribution in [1.82, 2.24) is 9.29 Å². The Labute approximate surface area is 144 Å². The average molecular weight is 367 g/mol. The van der Waals surface area contributed by atoms with E-state index in [1.54, 1.807) is 24.4 Å². The van der Waals surface area contributed by atoms with Gasteiger partial charge in [-0.15, -0.1) is 11.3 Å². The lowest BCUT2D eigenvalue weighted by Gasteiger charge is -2.34. The summed E-state index contributed by atoms with van der Waals surface area (Å²) in [7, 11) is -3.48. The maximum Gasteiger partial charge on any atom is 0.339 e. The number of pyridine rings is 1. The SMILES string of the molecule is Cc1ccc(S(=O)(=O)N2CCN(c3ncccc3C(=O)O)CC2)s1. The number of aryl methyl sites for hydroxylation is 1. The number of nitrogens with zero attached hydrogens (tertiary/aromatic N) is 3. The number of carboxylic acids is 1. The summed E-state index contributed by atoms with van der Waals surface area (Å²) in [5.41, 5.74) is 0.127. The minimum Gasteiger partial charge on any atom is -0.478 e. The quantitative estimate of drug-likeness (QED) is 0.884. The molecule has 0 saturated carbocycles. The Morgan fingerprint density at radius 1 is 1.21 bits per heavy atom.